The van der Waals surface area contributed by atoms with Crippen LogP contribution < -0.4 is 4.74 Å². The third kappa shape index (κ3) is 4.34. The van der Waals surface area contributed by atoms with Crippen molar-refractivity contribution in [3.8, 4) is 5.75 Å². The summed E-state index contributed by atoms with van der Waals surface area (Å²) in [7, 11) is 3.36. The highest BCUT2D eigenvalue weighted by atomic mass is 16.5. The Morgan fingerprint density at radius 2 is 1.87 bits per heavy atom. The number of ether oxygens (including phenoxy) is 1. The van der Waals surface area contributed by atoms with Crippen LogP contribution in [0.15, 0.2) is 35.9 Å². The predicted molar refractivity (Wildman–Crippen MR) is 89.3 cm³/mol. The van der Waals surface area contributed by atoms with Gasteiger partial charge in [0.2, 0.25) is 11.8 Å². The number of rotatable bonds is 5. The smallest absolute Gasteiger partial charge is 0.245 e. The van der Waals surface area contributed by atoms with E-state index >= 15 is 0 Å². The molecule has 0 radical (unpaired) electrons. The SMILES string of the molecule is CC(C)=CCOc1ccc(C[C@H]2C(=O)N(C)CC(=O)N2C)cc1. The lowest BCUT2D eigenvalue weighted by Crippen LogP contribution is -2.57. The lowest BCUT2D eigenvalue weighted by atomic mass is 10.0. The molecule has 0 bridgehead atoms. The molecule has 1 saturated heterocycles. The van der Waals surface area contributed by atoms with E-state index in [-0.39, 0.29) is 18.4 Å². The van der Waals surface area contributed by atoms with E-state index in [1.165, 1.54) is 10.5 Å². The van der Waals surface area contributed by atoms with Crippen LogP contribution in [-0.4, -0.2) is 54.9 Å². The summed E-state index contributed by atoms with van der Waals surface area (Å²) in [5.41, 5.74) is 2.22. The maximum Gasteiger partial charge on any atom is 0.245 e. The summed E-state index contributed by atoms with van der Waals surface area (Å²) < 4.78 is 5.62. The first kappa shape index (κ1) is 17.1. The fourth-order valence-electron chi connectivity index (χ4n) is 2.46. The summed E-state index contributed by atoms with van der Waals surface area (Å²) in [6.45, 7) is 4.76. The van der Waals surface area contributed by atoms with Crippen molar-refractivity contribution < 1.29 is 14.3 Å². The monoisotopic (exact) mass is 316 g/mol. The molecule has 0 saturated carbocycles. The van der Waals surface area contributed by atoms with Crippen molar-refractivity contribution in [2.75, 3.05) is 27.2 Å². The zero-order chi connectivity index (χ0) is 17.0. The van der Waals surface area contributed by atoms with Crippen molar-refractivity contribution >= 4 is 11.8 Å². The molecule has 2 amide bonds. The first-order chi connectivity index (χ1) is 10.9. The van der Waals surface area contributed by atoms with Crippen LogP contribution in [0.25, 0.3) is 0 Å². The van der Waals surface area contributed by atoms with Crippen LogP contribution in [0.5, 0.6) is 5.75 Å². The molecule has 23 heavy (non-hydrogen) atoms. The van der Waals surface area contributed by atoms with E-state index in [0.29, 0.717) is 13.0 Å². The van der Waals surface area contributed by atoms with Crippen molar-refractivity contribution in [3.63, 3.8) is 0 Å². The number of amides is 2. The molecule has 124 valence electrons. The van der Waals surface area contributed by atoms with Crippen LogP contribution in [0, 0.1) is 0 Å². The van der Waals surface area contributed by atoms with Gasteiger partial charge in [0.1, 0.15) is 18.4 Å². The maximum absolute atomic E-state index is 12.3. The van der Waals surface area contributed by atoms with Crippen LogP contribution >= 0.6 is 0 Å². The van der Waals surface area contributed by atoms with E-state index in [4.69, 9.17) is 4.74 Å². The summed E-state index contributed by atoms with van der Waals surface area (Å²) in [4.78, 5) is 27.2. The van der Waals surface area contributed by atoms with Gasteiger partial charge in [0, 0.05) is 20.5 Å². The van der Waals surface area contributed by atoms with Crippen LogP contribution in [0.2, 0.25) is 0 Å². The molecule has 1 aliphatic rings. The first-order valence-electron chi connectivity index (χ1n) is 7.74. The summed E-state index contributed by atoms with van der Waals surface area (Å²) in [5, 5.41) is 0. The van der Waals surface area contributed by atoms with Gasteiger partial charge in [-0.2, -0.15) is 0 Å². The van der Waals surface area contributed by atoms with Gasteiger partial charge in [0.15, 0.2) is 0 Å². The Hall–Kier alpha value is -2.30. The van der Waals surface area contributed by atoms with Crippen LogP contribution in [0.3, 0.4) is 0 Å². The van der Waals surface area contributed by atoms with Gasteiger partial charge < -0.3 is 14.5 Å². The van der Waals surface area contributed by atoms with Gasteiger partial charge in [-0.3, -0.25) is 9.59 Å². The molecule has 0 aromatic heterocycles. The predicted octanol–water partition coefficient (Wildman–Crippen LogP) is 1.87. The Morgan fingerprint density at radius 3 is 2.48 bits per heavy atom. The normalized spacial score (nSPS) is 18.2. The van der Waals surface area contributed by atoms with Gasteiger partial charge in [0.05, 0.1) is 6.54 Å². The lowest BCUT2D eigenvalue weighted by molar-refractivity contribution is -0.152. The highest BCUT2D eigenvalue weighted by molar-refractivity contribution is 5.94. The number of carbonyl (C=O) groups is 2. The van der Waals surface area contributed by atoms with E-state index < -0.39 is 6.04 Å². The second kappa shape index (κ2) is 7.31. The molecule has 2 rings (SSSR count). The molecule has 5 heteroatoms. The molecule has 1 atom stereocenters. The Kier molecular flexibility index (Phi) is 5.42. The fraction of sp³-hybridized carbons (Fsp3) is 0.444. The number of benzene rings is 1. The zero-order valence-corrected chi connectivity index (χ0v) is 14.2. The summed E-state index contributed by atoms with van der Waals surface area (Å²) in [5.74, 6) is 0.748. The molecule has 1 aliphatic heterocycles. The quantitative estimate of drug-likeness (QED) is 0.779. The van der Waals surface area contributed by atoms with Crippen LogP contribution in [-0.2, 0) is 16.0 Å². The van der Waals surface area contributed by atoms with E-state index in [9.17, 15) is 9.59 Å². The summed E-state index contributed by atoms with van der Waals surface area (Å²) >= 11 is 0. The Balaban J connectivity index is 2.01. The average molecular weight is 316 g/mol. The second-order valence-electron chi connectivity index (χ2n) is 6.16. The van der Waals surface area contributed by atoms with Gasteiger partial charge in [-0.25, -0.2) is 0 Å². The lowest BCUT2D eigenvalue weighted by Gasteiger charge is -2.36. The number of nitrogens with zero attached hydrogens (tertiary/aromatic N) is 2. The highest BCUT2D eigenvalue weighted by Gasteiger charge is 2.35. The van der Waals surface area contributed by atoms with E-state index in [1.54, 1.807) is 19.0 Å². The molecular formula is C18H24N2O3. The Labute approximate surface area is 137 Å². The van der Waals surface area contributed by atoms with Gasteiger partial charge in [-0.05, 0) is 37.6 Å². The van der Waals surface area contributed by atoms with Gasteiger partial charge in [-0.15, -0.1) is 0 Å². The molecule has 1 fully saturated rings. The Bertz CT molecular complexity index is 603. The minimum Gasteiger partial charge on any atom is -0.490 e. The zero-order valence-electron chi connectivity index (χ0n) is 14.2. The minimum absolute atomic E-state index is 0.0176. The van der Waals surface area contributed by atoms with Gasteiger partial charge in [0.25, 0.3) is 0 Å². The molecule has 5 nitrogen and oxygen atoms in total. The molecule has 0 spiro atoms. The summed E-state index contributed by atoms with van der Waals surface area (Å²) in [6, 6.07) is 7.24. The second-order valence-corrected chi connectivity index (χ2v) is 6.16. The third-order valence-corrected chi connectivity index (χ3v) is 3.99. The standard InChI is InChI=1S/C18H24N2O3/c1-13(2)9-10-23-15-7-5-14(6-8-15)11-16-18(22)19(3)12-17(21)20(16)4/h5-9,16H,10-12H2,1-4H3/t16-/m0/s1. The topological polar surface area (TPSA) is 49.9 Å². The van der Waals surface area contributed by atoms with Crippen molar-refractivity contribution in [1.82, 2.24) is 9.80 Å². The minimum atomic E-state index is -0.432. The largest absolute Gasteiger partial charge is 0.490 e. The van der Waals surface area contributed by atoms with Crippen molar-refractivity contribution in [2.24, 2.45) is 0 Å². The third-order valence-electron chi connectivity index (χ3n) is 3.99. The summed E-state index contributed by atoms with van der Waals surface area (Å²) in [6.07, 6.45) is 2.53. The van der Waals surface area contributed by atoms with E-state index in [1.807, 2.05) is 44.2 Å². The van der Waals surface area contributed by atoms with Crippen molar-refractivity contribution in [1.29, 1.82) is 0 Å². The Morgan fingerprint density at radius 1 is 1.22 bits per heavy atom. The number of hydrogen-bond acceptors (Lipinski definition) is 3. The molecule has 0 unspecified atom stereocenters. The van der Waals surface area contributed by atoms with E-state index in [0.717, 1.165) is 11.3 Å². The van der Waals surface area contributed by atoms with E-state index in [2.05, 4.69) is 0 Å². The van der Waals surface area contributed by atoms with Gasteiger partial charge >= 0.3 is 0 Å². The average Bonchev–Trinajstić information content (AvgIpc) is 2.51. The van der Waals surface area contributed by atoms with Crippen molar-refractivity contribution in [3.05, 3.63) is 41.5 Å². The molecule has 0 N–H and O–H groups in total. The van der Waals surface area contributed by atoms with Crippen LogP contribution in [0.1, 0.15) is 19.4 Å². The number of carbonyl (C=O) groups excluding carboxylic acids is 2. The van der Waals surface area contributed by atoms with Crippen molar-refractivity contribution in [2.45, 2.75) is 26.3 Å². The number of likely N-dealkylation sites (N-methyl/N-ethyl adjacent to an activating group) is 2. The van der Waals surface area contributed by atoms with Gasteiger partial charge in [-0.1, -0.05) is 17.7 Å². The molecule has 1 heterocycles. The number of allylic oxidation sites excluding steroid dienone is 1. The first-order valence-corrected chi connectivity index (χ1v) is 7.74. The molecule has 1 aromatic rings. The fourth-order valence-corrected chi connectivity index (χ4v) is 2.46. The molecule has 0 aliphatic carbocycles. The maximum atomic E-state index is 12.3. The highest BCUT2D eigenvalue weighted by Crippen LogP contribution is 2.18. The molecule has 1 aromatic carbocycles. The number of hydrogen-bond donors (Lipinski definition) is 0. The number of piperazine rings is 1. The molecular weight excluding hydrogens is 292 g/mol. The van der Waals surface area contributed by atoms with Crippen LogP contribution in [0.4, 0.5) is 0 Å².